The highest BCUT2D eigenvalue weighted by Crippen LogP contribution is 2.35. The summed E-state index contributed by atoms with van der Waals surface area (Å²) in [6.45, 7) is 3.20. The fourth-order valence-electron chi connectivity index (χ4n) is 3.16. The van der Waals surface area contributed by atoms with Gasteiger partial charge < -0.3 is 19.7 Å². The summed E-state index contributed by atoms with van der Waals surface area (Å²) >= 11 is 0. The van der Waals surface area contributed by atoms with Crippen LogP contribution in [0.25, 0.3) is 0 Å². The Kier molecular flexibility index (Phi) is 8.62. The van der Waals surface area contributed by atoms with E-state index in [0.29, 0.717) is 11.1 Å². The summed E-state index contributed by atoms with van der Waals surface area (Å²) < 4.78 is 45.3. The van der Waals surface area contributed by atoms with Crippen LogP contribution >= 0.6 is 0 Å². The van der Waals surface area contributed by atoms with E-state index in [1.54, 1.807) is 12.1 Å². The van der Waals surface area contributed by atoms with E-state index in [2.05, 4.69) is 16.0 Å². The van der Waals surface area contributed by atoms with Crippen LogP contribution in [0.1, 0.15) is 40.8 Å². The van der Waals surface area contributed by atoms with Gasteiger partial charge in [0, 0.05) is 18.2 Å². The van der Waals surface area contributed by atoms with Crippen LogP contribution in [0.2, 0.25) is 0 Å². The minimum absolute atomic E-state index is 0.0491. The lowest BCUT2D eigenvalue weighted by Crippen LogP contribution is -2.36. The first kappa shape index (κ1) is 25.2. The van der Waals surface area contributed by atoms with Crippen molar-refractivity contribution in [2.75, 3.05) is 21.3 Å². The van der Waals surface area contributed by atoms with Crippen molar-refractivity contribution < 1.29 is 32.4 Å². The van der Waals surface area contributed by atoms with Gasteiger partial charge in [-0.05, 0) is 43.2 Å². The second-order valence-electron chi connectivity index (χ2n) is 6.87. The Morgan fingerprint density at radius 1 is 1.19 bits per heavy atom. The molecule has 0 aliphatic carbocycles. The topological polar surface area (TPSA) is 81.2 Å². The Bertz CT molecular complexity index is 977. The normalized spacial score (nSPS) is 12.9. The van der Waals surface area contributed by atoms with Crippen LogP contribution in [0.15, 0.2) is 41.6 Å². The Labute approximate surface area is 184 Å². The molecule has 0 radical (unpaired) electrons. The standard InChI is InChI=1S/C22H26F3N3O4/c1-13-7-6-8-17(20(28-31-5)21(29)26-3)18(13)12-32-27-14(2)16-10-9-15(30-4)11-19(16)22(23,24)25/h6-11,20,28H,12H2,1-5H3,(H,26,29)/b27-14+. The van der Waals surface area contributed by atoms with Crippen LogP contribution in [0.4, 0.5) is 13.2 Å². The average Bonchev–Trinajstić information content (AvgIpc) is 2.77. The number of hydrogen-bond acceptors (Lipinski definition) is 6. The number of hydroxylamine groups is 1. The van der Waals surface area contributed by atoms with Crippen LogP contribution in [-0.4, -0.2) is 32.9 Å². The summed E-state index contributed by atoms with van der Waals surface area (Å²) in [5.41, 5.74) is 3.77. The van der Waals surface area contributed by atoms with Crippen molar-refractivity contribution in [1.82, 2.24) is 10.8 Å². The molecule has 1 unspecified atom stereocenters. The number of carbonyl (C=O) groups excluding carboxylic acids is 1. The highest BCUT2D eigenvalue weighted by Gasteiger charge is 2.34. The van der Waals surface area contributed by atoms with Gasteiger partial charge in [-0.15, -0.1) is 0 Å². The first-order chi connectivity index (χ1) is 15.1. The van der Waals surface area contributed by atoms with Gasteiger partial charge in [-0.2, -0.15) is 18.7 Å². The van der Waals surface area contributed by atoms with E-state index in [0.717, 1.165) is 11.6 Å². The summed E-state index contributed by atoms with van der Waals surface area (Å²) in [6.07, 6.45) is -4.59. The van der Waals surface area contributed by atoms with Gasteiger partial charge in [0.25, 0.3) is 0 Å². The number of rotatable bonds is 9. The van der Waals surface area contributed by atoms with E-state index in [1.807, 2.05) is 13.0 Å². The van der Waals surface area contributed by atoms with E-state index in [9.17, 15) is 18.0 Å². The molecule has 10 heteroatoms. The molecule has 2 N–H and O–H groups in total. The number of halogens is 3. The quantitative estimate of drug-likeness (QED) is 0.445. The molecule has 0 aromatic heterocycles. The molecule has 0 aliphatic rings. The molecule has 32 heavy (non-hydrogen) atoms. The molecule has 7 nitrogen and oxygen atoms in total. The average molecular weight is 453 g/mol. The van der Waals surface area contributed by atoms with Gasteiger partial charge in [-0.1, -0.05) is 23.4 Å². The summed E-state index contributed by atoms with van der Waals surface area (Å²) in [5.74, 6) is -0.239. The zero-order valence-corrected chi connectivity index (χ0v) is 18.5. The Hall–Kier alpha value is -3.11. The smallest absolute Gasteiger partial charge is 0.417 e. The van der Waals surface area contributed by atoms with Gasteiger partial charge in [0.05, 0.1) is 25.5 Å². The number of likely N-dealkylation sites (N-methyl/N-ethyl adjacent to an activating group) is 1. The second kappa shape index (κ2) is 11.0. The number of benzene rings is 2. The number of amides is 1. The van der Waals surface area contributed by atoms with E-state index in [4.69, 9.17) is 14.4 Å². The summed E-state index contributed by atoms with van der Waals surface area (Å²) in [6, 6.07) is 8.16. The summed E-state index contributed by atoms with van der Waals surface area (Å²) in [5, 5.41) is 6.45. The van der Waals surface area contributed by atoms with E-state index in [1.165, 1.54) is 40.3 Å². The third-order valence-electron chi connectivity index (χ3n) is 4.83. The molecule has 0 bridgehead atoms. The molecule has 0 aliphatic heterocycles. The fraction of sp³-hybridized carbons (Fsp3) is 0.364. The molecule has 0 fully saturated rings. The first-order valence-electron chi connectivity index (χ1n) is 9.64. The van der Waals surface area contributed by atoms with Crippen molar-refractivity contribution in [3.05, 3.63) is 64.2 Å². The van der Waals surface area contributed by atoms with Crippen LogP contribution in [-0.2, 0) is 27.3 Å². The van der Waals surface area contributed by atoms with Crippen LogP contribution in [0.3, 0.4) is 0 Å². The van der Waals surface area contributed by atoms with Crippen molar-refractivity contribution in [3.63, 3.8) is 0 Å². The van der Waals surface area contributed by atoms with Gasteiger partial charge in [-0.3, -0.25) is 4.79 Å². The van der Waals surface area contributed by atoms with E-state index < -0.39 is 17.8 Å². The highest BCUT2D eigenvalue weighted by atomic mass is 19.4. The van der Waals surface area contributed by atoms with Crippen molar-refractivity contribution in [3.8, 4) is 5.75 Å². The van der Waals surface area contributed by atoms with Crippen LogP contribution in [0, 0.1) is 6.92 Å². The van der Waals surface area contributed by atoms with E-state index in [-0.39, 0.29) is 29.5 Å². The predicted octanol–water partition coefficient (Wildman–Crippen LogP) is 3.90. The van der Waals surface area contributed by atoms with Gasteiger partial charge in [-0.25, -0.2) is 0 Å². The Morgan fingerprint density at radius 2 is 1.91 bits per heavy atom. The fourth-order valence-corrected chi connectivity index (χ4v) is 3.16. The third kappa shape index (κ3) is 5.98. The predicted molar refractivity (Wildman–Crippen MR) is 113 cm³/mol. The van der Waals surface area contributed by atoms with Crippen molar-refractivity contribution in [2.45, 2.75) is 32.7 Å². The number of carbonyl (C=O) groups is 1. The molecule has 0 spiro atoms. The number of oxime groups is 1. The molecular formula is C22H26F3N3O4. The molecule has 2 aromatic rings. The molecule has 2 rings (SSSR count). The number of aryl methyl sites for hydroxylation is 1. The summed E-state index contributed by atoms with van der Waals surface area (Å²) in [4.78, 5) is 22.6. The molecule has 1 atom stereocenters. The third-order valence-corrected chi connectivity index (χ3v) is 4.83. The van der Waals surface area contributed by atoms with Crippen molar-refractivity contribution in [1.29, 1.82) is 0 Å². The minimum Gasteiger partial charge on any atom is -0.497 e. The van der Waals surface area contributed by atoms with Crippen LogP contribution in [0.5, 0.6) is 5.75 Å². The monoisotopic (exact) mass is 453 g/mol. The van der Waals surface area contributed by atoms with Gasteiger partial charge in [0.2, 0.25) is 5.91 Å². The van der Waals surface area contributed by atoms with E-state index >= 15 is 0 Å². The number of ether oxygens (including phenoxy) is 1. The van der Waals surface area contributed by atoms with Crippen molar-refractivity contribution >= 4 is 11.6 Å². The first-order valence-corrected chi connectivity index (χ1v) is 9.64. The number of nitrogens with zero attached hydrogens (tertiary/aromatic N) is 1. The maximum Gasteiger partial charge on any atom is 0.417 e. The SMILES string of the molecule is CNC(=O)C(NOC)c1cccc(C)c1CO/N=C(\C)c1ccc(OC)cc1C(F)(F)F. The summed E-state index contributed by atoms with van der Waals surface area (Å²) in [7, 11) is 4.19. The zero-order valence-electron chi connectivity index (χ0n) is 18.5. The zero-order chi connectivity index (χ0) is 23.9. The second-order valence-corrected chi connectivity index (χ2v) is 6.87. The largest absolute Gasteiger partial charge is 0.497 e. The maximum atomic E-state index is 13.5. The van der Waals surface area contributed by atoms with Crippen molar-refractivity contribution in [2.24, 2.45) is 5.16 Å². The lowest BCUT2D eigenvalue weighted by molar-refractivity contribution is -0.137. The Morgan fingerprint density at radius 3 is 2.50 bits per heavy atom. The molecular weight excluding hydrogens is 427 g/mol. The van der Waals surface area contributed by atoms with Gasteiger partial charge >= 0.3 is 6.18 Å². The van der Waals surface area contributed by atoms with Crippen LogP contribution < -0.4 is 15.5 Å². The van der Waals surface area contributed by atoms with Gasteiger partial charge in [0.15, 0.2) is 0 Å². The maximum absolute atomic E-state index is 13.5. The molecule has 2 aromatic carbocycles. The van der Waals surface area contributed by atoms with Gasteiger partial charge in [0.1, 0.15) is 18.4 Å². The molecule has 0 saturated heterocycles. The number of methoxy groups -OCH3 is 1. The lowest BCUT2D eigenvalue weighted by Gasteiger charge is -2.20. The highest BCUT2D eigenvalue weighted by molar-refractivity contribution is 6.00. The molecule has 0 saturated carbocycles. The number of alkyl halides is 3. The lowest BCUT2D eigenvalue weighted by atomic mass is 9.96. The number of hydrogen-bond donors (Lipinski definition) is 2. The molecule has 174 valence electrons. The molecule has 0 heterocycles. The Balaban J connectivity index is 2.33. The minimum atomic E-state index is -4.59. The number of nitrogens with one attached hydrogen (secondary N) is 2. The molecule has 1 amide bonds.